The number of carbonyl (C=O) groups is 7. The molecule has 11 N–H and O–H groups in total. The van der Waals surface area contributed by atoms with Crippen molar-refractivity contribution in [2.75, 3.05) is 6.54 Å². The zero-order valence-corrected chi connectivity index (χ0v) is 23.9. The molecule has 0 aromatic heterocycles. The van der Waals surface area contributed by atoms with Gasteiger partial charge < -0.3 is 43.6 Å². The quantitative estimate of drug-likeness (QED) is 0.0891. The molecule has 0 saturated carbocycles. The Morgan fingerprint density at radius 3 is 1.68 bits per heavy atom. The SMILES string of the molecule is NC(=O)CC[C@H](NC(=O)[C@H](Cc1ccccc1)NC(=O)[C@@H](N)CC(N)=O)C(=O)NCC(=O)N[C@@H](Cc1ccccc1)C(=O)O. The highest BCUT2D eigenvalue weighted by atomic mass is 16.4. The summed E-state index contributed by atoms with van der Waals surface area (Å²) < 4.78 is 0. The molecule has 0 aliphatic rings. The largest absolute Gasteiger partial charge is 0.480 e. The number of amides is 6. The van der Waals surface area contributed by atoms with Gasteiger partial charge in [0.25, 0.3) is 0 Å². The van der Waals surface area contributed by atoms with Crippen LogP contribution in [-0.2, 0) is 46.4 Å². The molecule has 15 heteroatoms. The van der Waals surface area contributed by atoms with Crippen molar-refractivity contribution in [3.8, 4) is 0 Å². The van der Waals surface area contributed by atoms with E-state index in [0.29, 0.717) is 11.1 Å². The van der Waals surface area contributed by atoms with Crippen molar-refractivity contribution >= 4 is 41.4 Å². The first-order valence-corrected chi connectivity index (χ1v) is 13.7. The maximum Gasteiger partial charge on any atom is 0.326 e. The van der Waals surface area contributed by atoms with Gasteiger partial charge in [0.1, 0.15) is 18.1 Å². The molecular formula is C29H37N7O8. The summed E-state index contributed by atoms with van der Waals surface area (Å²) in [4.78, 5) is 85.7. The molecule has 2 aromatic carbocycles. The average Bonchev–Trinajstić information content (AvgIpc) is 2.97. The summed E-state index contributed by atoms with van der Waals surface area (Å²) in [6, 6.07) is 12.0. The van der Waals surface area contributed by atoms with Crippen LogP contribution in [0.4, 0.5) is 0 Å². The number of nitrogens with one attached hydrogen (secondary N) is 4. The molecule has 4 atom stereocenters. The van der Waals surface area contributed by atoms with Crippen molar-refractivity contribution in [3.05, 3.63) is 71.8 Å². The molecule has 0 heterocycles. The molecule has 236 valence electrons. The fourth-order valence-corrected chi connectivity index (χ4v) is 4.06. The molecule has 15 nitrogen and oxygen atoms in total. The molecule has 0 unspecified atom stereocenters. The number of hydrogen-bond donors (Lipinski definition) is 8. The monoisotopic (exact) mass is 611 g/mol. The van der Waals surface area contributed by atoms with E-state index >= 15 is 0 Å². The lowest BCUT2D eigenvalue weighted by molar-refractivity contribution is -0.141. The lowest BCUT2D eigenvalue weighted by Gasteiger charge is -2.24. The van der Waals surface area contributed by atoms with E-state index in [-0.39, 0.29) is 25.7 Å². The number of aliphatic carboxylic acids is 1. The van der Waals surface area contributed by atoms with Gasteiger partial charge >= 0.3 is 5.97 Å². The fraction of sp³-hybridized carbons (Fsp3) is 0.345. The number of carbonyl (C=O) groups excluding carboxylic acids is 6. The van der Waals surface area contributed by atoms with Crippen molar-refractivity contribution in [1.29, 1.82) is 0 Å². The van der Waals surface area contributed by atoms with Crippen LogP contribution in [-0.4, -0.2) is 77.2 Å². The number of hydrogen-bond acceptors (Lipinski definition) is 8. The first-order valence-electron chi connectivity index (χ1n) is 13.7. The molecule has 6 amide bonds. The molecule has 0 radical (unpaired) electrons. The van der Waals surface area contributed by atoms with Crippen molar-refractivity contribution in [3.63, 3.8) is 0 Å². The van der Waals surface area contributed by atoms with Crippen LogP contribution in [0.5, 0.6) is 0 Å². The zero-order chi connectivity index (χ0) is 32.6. The topological polar surface area (TPSA) is 266 Å². The second kappa shape index (κ2) is 17.6. The third-order valence-corrected chi connectivity index (χ3v) is 6.33. The van der Waals surface area contributed by atoms with Crippen LogP contribution in [0.15, 0.2) is 60.7 Å². The van der Waals surface area contributed by atoms with Crippen LogP contribution in [0.25, 0.3) is 0 Å². The second-order valence-corrected chi connectivity index (χ2v) is 9.96. The fourth-order valence-electron chi connectivity index (χ4n) is 4.06. The van der Waals surface area contributed by atoms with Crippen LogP contribution in [0, 0.1) is 0 Å². The second-order valence-electron chi connectivity index (χ2n) is 9.96. The maximum atomic E-state index is 13.3. The predicted molar refractivity (Wildman–Crippen MR) is 157 cm³/mol. The van der Waals surface area contributed by atoms with Crippen molar-refractivity contribution in [2.24, 2.45) is 17.2 Å². The molecule has 2 aromatic rings. The van der Waals surface area contributed by atoms with Gasteiger partial charge in [-0.25, -0.2) is 4.79 Å². The van der Waals surface area contributed by atoms with Gasteiger partial charge in [-0.05, 0) is 17.5 Å². The minimum Gasteiger partial charge on any atom is -0.480 e. The van der Waals surface area contributed by atoms with Crippen LogP contribution >= 0.6 is 0 Å². The van der Waals surface area contributed by atoms with Crippen molar-refractivity contribution in [1.82, 2.24) is 21.3 Å². The number of benzene rings is 2. The zero-order valence-electron chi connectivity index (χ0n) is 23.9. The van der Waals surface area contributed by atoms with Crippen LogP contribution in [0.3, 0.4) is 0 Å². The molecule has 0 aliphatic carbocycles. The Morgan fingerprint density at radius 1 is 0.659 bits per heavy atom. The minimum absolute atomic E-state index is 0.00474. The number of rotatable bonds is 18. The van der Waals surface area contributed by atoms with Gasteiger partial charge in [-0.1, -0.05) is 60.7 Å². The van der Waals surface area contributed by atoms with E-state index in [9.17, 15) is 38.7 Å². The van der Waals surface area contributed by atoms with Gasteiger partial charge in [-0.15, -0.1) is 0 Å². The van der Waals surface area contributed by atoms with E-state index < -0.39 is 78.5 Å². The Morgan fingerprint density at radius 2 is 1.18 bits per heavy atom. The molecule has 44 heavy (non-hydrogen) atoms. The number of carboxylic acids is 1. The smallest absolute Gasteiger partial charge is 0.326 e. The molecule has 0 saturated heterocycles. The summed E-state index contributed by atoms with van der Waals surface area (Å²) in [5.74, 6) is -6.18. The highest BCUT2D eigenvalue weighted by Gasteiger charge is 2.29. The van der Waals surface area contributed by atoms with E-state index in [1.54, 1.807) is 60.7 Å². The van der Waals surface area contributed by atoms with Gasteiger partial charge in [0, 0.05) is 19.3 Å². The number of nitrogens with two attached hydrogens (primary N) is 3. The van der Waals surface area contributed by atoms with E-state index in [0.717, 1.165) is 0 Å². The Balaban J connectivity index is 2.12. The Hall–Kier alpha value is -5.31. The summed E-state index contributed by atoms with van der Waals surface area (Å²) in [7, 11) is 0. The Bertz CT molecular complexity index is 1320. The molecule has 0 aliphatic heterocycles. The number of primary amides is 2. The Labute approximate surface area is 253 Å². The average molecular weight is 612 g/mol. The normalized spacial score (nSPS) is 13.3. The van der Waals surface area contributed by atoms with Crippen LogP contribution < -0.4 is 38.5 Å². The van der Waals surface area contributed by atoms with Gasteiger partial charge in [0.15, 0.2) is 0 Å². The van der Waals surface area contributed by atoms with Gasteiger partial charge in [-0.3, -0.25) is 28.8 Å². The lowest BCUT2D eigenvalue weighted by Crippen LogP contribution is -2.57. The van der Waals surface area contributed by atoms with Gasteiger partial charge in [-0.2, -0.15) is 0 Å². The number of carboxylic acid groups (broad SMARTS) is 1. The first-order chi connectivity index (χ1) is 20.8. The molecule has 0 bridgehead atoms. The first kappa shape index (κ1) is 34.9. The van der Waals surface area contributed by atoms with Gasteiger partial charge in [0.05, 0.1) is 19.0 Å². The van der Waals surface area contributed by atoms with Crippen molar-refractivity contribution < 1.29 is 38.7 Å². The predicted octanol–water partition coefficient (Wildman–Crippen LogP) is -2.40. The third kappa shape index (κ3) is 12.7. The summed E-state index contributed by atoms with van der Waals surface area (Å²) in [5.41, 5.74) is 17.4. The van der Waals surface area contributed by atoms with Gasteiger partial charge in [0.2, 0.25) is 35.4 Å². The lowest BCUT2D eigenvalue weighted by atomic mass is 10.0. The summed E-state index contributed by atoms with van der Waals surface area (Å²) in [6.45, 7) is -0.632. The highest BCUT2D eigenvalue weighted by Crippen LogP contribution is 2.07. The highest BCUT2D eigenvalue weighted by molar-refractivity contribution is 5.95. The third-order valence-electron chi connectivity index (χ3n) is 6.33. The summed E-state index contributed by atoms with van der Waals surface area (Å²) in [6.07, 6.45) is -1.03. The van der Waals surface area contributed by atoms with E-state index in [1.165, 1.54) is 0 Å². The van der Waals surface area contributed by atoms with E-state index in [1.807, 2.05) is 0 Å². The standard InChI is InChI=1S/C29H37N7O8/c30-19(15-24(32)38)26(40)36-21(13-17-7-3-1-4-8-17)28(42)35-20(11-12-23(31)37)27(41)33-16-25(39)34-22(29(43)44)14-18-9-5-2-6-10-18/h1-10,19-22H,11-16,30H2,(H2,31,37)(H2,32,38)(H,33,41)(H,34,39)(H,35,42)(H,36,40)(H,43,44)/t19-,20-,21-,22-/m0/s1. The molecule has 0 fully saturated rings. The van der Waals surface area contributed by atoms with E-state index in [2.05, 4.69) is 21.3 Å². The molecule has 0 spiro atoms. The molecular weight excluding hydrogens is 574 g/mol. The molecule has 2 rings (SSSR count). The van der Waals surface area contributed by atoms with Crippen molar-refractivity contribution in [2.45, 2.75) is 56.3 Å². The summed E-state index contributed by atoms with van der Waals surface area (Å²) >= 11 is 0. The van der Waals surface area contributed by atoms with Crippen LogP contribution in [0.2, 0.25) is 0 Å². The van der Waals surface area contributed by atoms with E-state index in [4.69, 9.17) is 17.2 Å². The maximum absolute atomic E-state index is 13.3. The summed E-state index contributed by atoms with van der Waals surface area (Å²) in [5, 5.41) is 19.1. The minimum atomic E-state index is -1.36. The Kier molecular flexibility index (Phi) is 14.0. The van der Waals surface area contributed by atoms with Crippen LogP contribution in [0.1, 0.15) is 30.4 Å².